The van der Waals surface area contributed by atoms with Gasteiger partial charge in [-0.3, -0.25) is 27.3 Å². The fourth-order valence-corrected chi connectivity index (χ4v) is 12.3. The van der Waals surface area contributed by atoms with Gasteiger partial charge >= 0.3 is 26.9 Å². The van der Waals surface area contributed by atoms with Crippen LogP contribution in [-0.4, -0.2) is 146 Å². The van der Waals surface area contributed by atoms with E-state index in [0.717, 1.165) is 29.2 Å². The number of fused-ring (bicyclic) bond motifs is 1. The number of aromatic nitrogens is 3. The monoisotopic (exact) mass is 1280 g/mol. The number of benzene rings is 5. The van der Waals surface area contributed by atoms with Crippen molar-refractivity contribution in [3.63, 3.8) is 0 Å². The minimum Gasteiger partial charge on any atom is -0.505 e. The van der Waals surface area contributed by atoms with E-state index in [1.54, 1.807) is 0 Å². The van der Waals surface area contributed by atoms with E-state index in [0.29, 0.717) is 30.3 Å². The first-order valence-electron chi connectivity index (χ1n) is 20.4. The minimum atomic E-state index is -5.64. The number of nitrogens with two attached hydrogens (primary N) is 1. The molecule has 0 bridgehead atoms. The van der Waals surface area contributed by atoms with Crippen molar-refractivity contribution in [1.29, 1.82) is 0 Å². The first kappa shape index (κ1) is 62.2. The van der Waals surface area contributed by atoms with E-state index < -0.39 is 198 Å². The molecule has 0 fully saturated rings. The van der Waals surface area contributed by atoms with Crippen LogP contribution in [0.4, 0.5) is 56.1 Å². The number of azo groups is 2. The first-order chi connectivity index (χ1) is 36.6. The van der Waals surface area contributed by atoms with Gasteiger partial charge in [0, 0.05) is 18.4 Å². The number of nitrogens with zero attached hydrogens (tertiary/aromatic N) is 8. The van der Waals surface area contributed by atoms with Crippen LogP contribution >= 0.6 is 0 Å². The number of nitrogen functional groups attached to an aromatic ring is 1. The van der Waals surface area contributed by atoms with Crippen molar-refractivity contribution in [2.75, 3.05) is 47.7 Å². The smallest absolute Gasteiger partial charge is 0.397 e. The maximum absolute atomic E-state index is 14.9. The van der Waals surface area contributed by atoms with Gasteiger partial charge in [-0.1, -0.05) is 6.07 Å². The van der Waals surface area contributed by atoms with Crippen molar-refractivity contribution in [2.24, 2.45) is 20.5 Å². The third-order valence-electron chi connectivity index (χ3n) is 10.1. The number of phenols is 1. The molecule has 0 saturated carbocycles. The molecule has 0 radical (unpaired) electrons. The number of phenolic OH excluding ortho intramolecular Hbond substituents is 1. The van der Waals surface area contributed by atoms with Crippen molar-refractivity contribution < 1.29 is 113 Å². The van der Waals surface area contributed by atoms with Crippen LogP contribution in [-0.2, 0) is 89.3 Å². The largest absolute Gasteiger partial charge is 0.505 e. The molecule has 5 aromatic carbocycles. The Morgan fingerprint density at radius 3 is 1.62 bits per heavy atom. The van der Waals surface area contributed by atoms with Crippen molar-refractivity contribution in [3.05, 3.63) is 78.9 Å². The van der Waals surface area contributed by atoms with Crippen molar-refractivity contribution >= 4 is 143 Å². The highest BCUT2D eigenvalue weighted by molar-refractivity contribution is 7.92. The van der Waals surface area contributed by atoms with Crippen LogP contribution in [0.5, 0.6) is 5.75 Å². The van der Waals surface area contributed by atoms with Crippen LogP contribution in [0.3, 0.4) is 0 Å². The second-order valence-electron chi connectivity index (χ2n) is 15.5. The maximum Gasteiger partial charge on any atom is 0.397 e. The third-order valence-corrected chi connectivity index (χ3v) is 17.9. The van der Waals surface area contributed by atoms with E-state index in [1.807, 2.05) is 0 Å². The number of aromatic hydroxyl groups is 1. The first-order valence-corrected chi connectivity index (χ1v) is 32.2. The average Bonchev–Trinajstić information content (AvgIpc) is 3.30. The highest BCUT2D eigenvalue weighted by atomic mass is 32.3. The molecule has 44 heteroatoms. The molecule has 6 rings (SSSR count). The Labute approximate surface area is 450 Å². The van der Waals surface area contributed by atoms with Gasteiger partial charge in [0.2, 0.25) is 11.9 Å². The highest BCUT2D eigenvalue weighted by Gasteiger charge is 2.30. The summed E-state index contributed by atoms with van der Waals surface area (Å²) in [6, 6.07) is 9.27. The number of anilines is 5. The molecule has 35 nitrogen and oxygen atoms in total. The molecule has 1 aromatic heterocycles. The standard InChI is InChI=1S/C36H33FN10O25S8/c1-47(20-3-2-4-21(16-20)73(49,50)11-9-71-79(65,66)67)36-41-34(37)40-35(42-36)39-19-5-8-25(75(53,54)55)24(15-19)44-46-32-28(78(62,63)64)14-18-13-27(77(59,60)61)31(30(38)29(18)33(32)48)45-43-23-7-6-22(17-26(23)76(56,57)58)74(51,52)12-10-72-80(68,69)70/h2-8,13-17,48H,9-12,38H2,1H3,(H,53,54,55)(H,56,57,58)(H,59,60,61)(H,62,63,64)(H,65,66,67)(H,68,69,70)(H,39,40,41,42). The predicted molar refractivity (Wildman–Crippen MR) is 267 cm³/mol. The van der Waals surface area contributed by atoms with E-state index in [-0.39, 0.29) is 17.4 Å². The van der Waals surface area contributed by atoms with Crippen LogP contribution in [0.15, 0.2) is 123 Å². The van der Waals surface area contributed by atoms with Crippen molar-refractivity contribution in [3.8, 4) is 5.75 Å². The molecular formula is C36H33FN10O25S8. The maximum atomic E-state index is 14.9. The van der Waals surface area contributed by atoms with Crippen LogP contribution in [0.25, 0.3) is 10.8 Å². The van der Waals surface area contributed by atoms with Crippen molar-refractivity contribution in [2.45, 2.75) is 29.4 Å². The normalized spacial score (nSPS) is 13.3. The van der Waals surface area contributed by atoms with E-state index in [2.05, 4.69) is 49.1 Å². The summed E-state index contributed by atoms with van der Waals surface area (Å²) in [7, 11) is -39.9. The summed E-state index contributed by atoms with van der Waals surface area (Å²) >= 11 is 0. The molecule has 0 atom stereocenters. The lowest BCUT2D eigenvalue weighted by Gasteiger charge is -2.18. The molecule has 0 saturated heterocycles. The predicted octanol–water partition coefficient (Wildman–Crippen LogP) is 2.97. The Morgan fingerprint density at radius 2 is 1.09 bits per heavy atom. The van der Waals surface area contributed by atoms with Crippen LogP contribution < -0.4 is 16.0 Å². The second-order valence-corrected chi connectivity index (χ2v) is 27.4. The third kappa shape index (κ3) is 15.2. The second kappa shape index (κ2) is 22.5. The summed E-state index contributed by atoms with van der Waals surface area (Å²) in [6.45, 7) is -2.14. The molecule has 80 heavy (non-hydrogen) atoms. The summed E-state index contributed by atoms with van der Waals surface area (Å²) < 4.78 is 276. The van der Waals surface area contributed by atoms with Crippen LogP contribution in [0.1, 0.15) is 0 Å². The number of rotatable bonds is 22. The molecule has 0 amide bonds. The fraction of sp³-hybridized carbons (Fsp3) is 0.139. The zero-order chi connectivity index (χ0) is 59.9. The van der Waals surface area contributed by atoms with Gasteiger partial charge in [0.05, 0.1) is 45.6 Å². The summed E-state index contributed by atoms with van der Waals surface area (Å²) in [4.78, 5) is 5.50. The summed E-state index contributed by atoms with van der Waals surface area (Å²) in [5.41, 5.74) is 0.255. The lowest BCUT2D eigenvalue weighted by Crippen LogP contribution is -2.18. The van der Waals surface area contributed by atoms with Gasteiger partial charge < -0.3 is 21.1 Å². The zero-order valence-corrected chi connectivity index (χ0v) is 45.6. The molecular weight excluding hydrogens is 1250 g/mol. The van der Waals surface area contributed by atoms with E-state index in [1.165, 1.54) is 19.2 Å². The Bertz CT molecular complexity index is 4560. The summed E-state index contributed by atoms with van der Waals surface area (Å²) in [6.07, 6.45) is -1.47. The Kier molecular flexibility index (Phi) is 17.5. The van der Waals surface area contributed by atoms with Gasteiger partial charge in [0.25, 0.3) is 40.5 Å². The summed E-state index contributed by atoms with van der Waals surface area (Å²) in [5.74, 6) is -4.76. The molecule has 0 aliphatic rings. The molecule has 1 heterocycles. The number of halogens is 1. The fourth-order valence-electron chi connectivity index (χ4n) is 6.59. The minimum absolute atomic E-state index is 0.0113. The van der Waals surface area contributed by atoms with Gasteiger partial charge in [-0.25, -0.2) is 25.2 Å². The Hall–Kier alpha value is -7.02. The quantitative estimate of drug-likeness (QED) is 0.0268. The van der Waals surface area contributed by atoms with Crippen molar-refractivity contribution in [1.82, 2.24) is 15.0 Å². The molecule has 0 aliphatic carbocycles. The van der Waals surface area contributed by atoms with Crippen LogP contribution in [0.2, 0.25) is 0 Å². The highest BCUT2D eigenvalue weighted by Crippen LogP contribution is 2.49. The van der Waals surface area contributed by atoms with Gasteiger partial charge in [0.15, 0.2) is 25.4 Å². The lowest BCUT2D eigenvalue weighted by atomic mass is 10.1. The number of nitrogens with one attached hydrogen (secondary N) is 1. The lowest BCUT2D eigenvalue weighted by molar-refractivity contribution is 0.282. The topological polar surface area (TPSA) is 563 Å². The SMILES string of the molecule is CN(c1cccc(S(=O)(=O)CCOS(=O)(=O)O)c1)c1nc(F)nc(Nc2ccc(S(=O)(=O)O)c(N=Nc3c(S(=O)(=O)O)cc4cc(S(=O)(=O)O)c(N=Nc5ccc(S(=O)(=O)CCOS(=O)(=O)O)cc5S(=O)(=O)O)c(N)c4c3O)c2)n1. The molecule has 0 unspecified atom stereocenters. The van der Waals surface area contributed by atoms with Gasteiger partial charge in [-0.05, 0) is 72.1 Å². The molecule has 432 valence electrons. The number of hydrogen-bond donors (Lipinski definition) is 9. The molecule has 0 aliphatic heterocycles. The summed E-state index contributed by atoms with van der Waals surface area (Å²) in [5, 5.41) is 26.5. The van der Waals surface area contributed by atoms with Crippen LogP contribution in [0, 0.1) is 6.08 Å². The van der Waals surface area contributed by atoms with Gasteiger partial charge in [0.1, 0.15) is 42.3 Å². The molecule has 0 spiro atoms. The van der Waals surface area contributed by atoms with Gasteiger partial charge in [-0.15, -0.1) is 20.5 Å². The molecule has 6 aromatic rings. The van der Waals surface area contributed by atoms with E-state index >= 15 is 0 Å². The Balaban J connectivity index is 1.43. The van der Waals surface area contributed by atoms with E-state index in [4.69, 9.17) is 14.8 Å². The molecule has 10 N–H and O–H groups in total. The number of hydrogen-bond acceptors (Lipinski definition) is 29. The van der Waals surface area contributed by atoms with Gasteiger partial charge in [-0.2, -0.15) is 69.8 Å². The number of sulfone groups is 2. The Morgan fingerprint density at radius 1 is 0.575 bits per heavy atom. The average molecular weight is 1280 g/mol. The zero-order valence-electron chi connectivity index (χ0n) is 39.0. The van der Waals surface area contributed by atoms with E-state index in [9.17, 15) is 95.1 Å².